The molecule has 0 fully saturated rings. The van der Waals surface area contributed by atoms with Crippen molar-refractivity contribution in [1.82, 2.24) is 10.6 Å². The molecule has 0 spiro atoms. The normalized spacial score (nSPS) is 17.4. The number of sulfone groups is 1. The number of nitrogens with zero attached hydrogens (tertiary/aromatic N) is 1. The van der Waals surface area contributed by atoms with Crippen molar-refractivity contribution in [2.45, 2.75) is 45.4 Å². The standard InChI is InChI=1S/C18H29N3O4S.HI/c1-12(6-7-26(5,22)23)21-18(19-3)20-11-15-10-17-14(8-13(2)25-17)9-16(15)24-4;/h9-10,12-13H,6-8,11H2,1-5H3,(H2,19,20,21);1H. The molecule has 2 atom stereocenters. The predicted molar refractivity (Wildman–Crippen MR) is 119 cm³/mol. The van der Waals surface area contributed by atoms with Crippen LogP contribution in [-0.4, -0.2) is 52.7 Å². The van der Waals surface area contributed by atoms with E-state index >= 15 is 0 Å². The number of aliphatic imine (C=N–C) groups is 1. The molecular weight excluding hydrogens is 481 g/mol. The summed E-state index contributed by atoms with van der Waals surface area (Å²) < 4.78 is 33.9. The first kappa shape index (κ1) is 23.8. The fraction of sp³-hybridized carbons (Fsp3) is 0.611. The first-order valence-corrected chi connectivity index (χ1v) is 10.8. The average molecular weight is 511 g/mol. The number of guanidine groups is 1. The van der Waals surface area contributed by atoms with E-state index in [9.17, 15) is 8.42 Å². The van der Waals surface area contributed by atoms with Crippen LogP contribution in [0.5, 0.6) is 11.5 Å². The maximum Gasteiger partial charge on any atom is 0.191 e. The van der Waals surface area contributed by atoms with Crippen molar-refractivity contribution in [2.24, 2.45) is 4.99 Å². The van der Waals surface area contributed by atoms with Crippen molar-refractivity contribution in [3.05, 3.63) is 23.3 Å². The monoisotopic (exact) mass is 511 g/mol. The SMILES string of the molecule is CN=C(NCc1cc2c(cc1OC)CC(C)O2)NC(C)CCS(C)(=O)=O.I. The first-order chi connectivity index (χ1) is 12.2. The van der Waals surface area contributed by atoms with Gasteiger partial charge in [0.05, 0.1) is 12.9 Å². The van der Waals surface area contributed by atoms with E-state index in [1.807, 2.05) is 26.0 Å². The highest BCUT2D eigenvalue weighted by molar-refractivity contribution is 14.0. The summed E-state index contributed by atoms with van der Waals surface area (Å²) in [6, 6.07) is 4.02. The van der Waals surface area contributed by atoms with Gasteiger partial charge in [-0.15, -0.1) is 24.0 Å². The summed E-state index contributed by atoms with van der Waals surface area (Å²) in [5.41, 5.74) is 2.14. The van der Waals surface area contributed by atoms with Gasteiger partial charge in [-0.05, 0) is 32.4 Å². The molecule has 0 saturated carbocycles. The van der Waals surface area contributed by atoms with E-state index in [0.29, 0.717) is 18.9 Å². The highest BCUT2D eigenvalue weighted by Gasteiger charge is 2.21. The predicted octanol–water partition coefficient (Wildman–Crippen LogP) is 2.12. The molecule has 2 unspecified atom stereocenters. The summed E-state index contributed by atoms with van der Waals surface area (Å²) >= 11 is 0. The lowest BCUT2D eigenvalue weighted by Gasteiger charge is -2.18. The third-order valence-electron chi connectivity index (χ3n) is 4.27. The largest absolute Gasteiger partial charge is 0.496 e. The quantitative estimate of drug-likeness (QED) is 0.331. The van der Waals surface area contributed by atoms with Gasteiger partial charge in [0.2, 0.25) is 0 Å². The third kappa shape index (κ3) is 7.36. The van der Waals surface area contributed by atoms with Crippen LogP contribution in [0, 0.1) is 0 Å². The van der Waals surface area contributed by atoms with Gasteiger partial charge in [0.15, 0.2) is 5.96 Å². The Morgan fingerprint density at radius 2 is 2.15 bits per heavy atom. The van der Waals surface area contributed by atoms with Crippen molar-refractivity contribution in [2.75, 3.05) is 26.2 Å². The van der Waals surface area contributed by atoms with E-state index in [-0.39, 0.29) is 41.9 Å². The van der Waals surface area contributed by atoms with E-state index in [0.717, 1.165) is 29.0 Å². The number of benzene rings is 1. The Kier molecular flexibility index (Phi) is 9.13. The van der Waals surface area contributed by atoms with Crippen LogP contribution in [0.15, 0.2) is 17.1 Å². The number of fused-ring (bicyclic) bond motifs is 1. The molecule has 9 heteroatoms. The summed E-state index contributed by atoms with van der Waals surface area (Å²) in [4.78, 5) is 4.20. The summed E-state index contributed by atoms with van der Waals surface area (Å²) in [5, 5.41) is 6.45. The number of methoxy groups -OCH3 is 1. The number of nitrogens with one attached hydrogen (secondary N) is 2. The van der Waals surface area contributed by atoms with Crippen molar-refractivity contribution in [3.63, 3.8) is 0 Å². The van der Waals surface area contributed by atoms with Gasteiger partial charge in [0.25, 0.3) is 0 Å². The van der Waals surface area contributed by atoms with Crippen LogP contribution < -0.4 is 20.1 Å². The van der Waals surface area contributed by atoms with Crippen LogP contribution in [0.25, 0.3) is 0 Å². The fourth-order valence-electron chi connectivity index (χ4n) is 2.88. The zero-order valence-corrected chi connectivity index (χ0v) is 19.7. The minimum atomic E-state index is -2.97. The molecule has 0 saturated heterocycles. The van der Waals surface area contributed by atoms with Crippen LogP contribution in [0.2, 0.25) is 0 Å². The Hall–Kier alpha value is -1.23. The smallest absolute Gasteiger partial charge is 0.191 e. The molecule has 2 N–H and O–H groups in total. The van der Waals surface area contributed by atoms with E-state index in [1.165, 1.54) is 6.26 Å². The number of rotatable bonds is 7. The lowest BCUT2D eigenvalue weighted by molar-refractivity contribution is 0.254. The van der Waals surface area contributed by atoms with Gasteiger partial charge >= 0.3 is 0 Å². The van der Waals surface area contributed by atoms with Crippen molar-refractivity contribution in [3.8, 4) is 11.5 Å². The Morgan fingerprint density at radius 1 is 1.44 bits per heavy atom. The molecule has 1 aliphatic heterocycles. The van der Waals surface area contributed by atoms with Crippen LogP contribution in [0.4, 0.5) is 0 Å². The van der Waals surface area contributed by atoms with E-state index in [4.69, 9.17) is 9.47 Å². The second-order valence-electron chi connectivity index (χ2n) is 6.79. The highest BCUT2D eigenvalue weighted by atomic mass is 127. The molecule has 7 nitrogen and oxygen atoms in total. The third-order valence-corrected chi connectivity index (χ3v) is 5.25. The molecule has 27 heavy (non-hydrogen) atoms. The maximum atomic E-state index is 11.3. The van der Waals surface area contributed by atoms with Crippen LogP contribution in [0.1, 0.15) is 31.4 Å². The van der Waals surface area contributed by atoms with E-state index in [2.05, 4.69) is 15.6 Å². The second kappa shape index (κ2) is 10.4. The average Bonchev–Trinajstić information content (AvgIpc) is 2.93. The number of hydrogen-bond donors (Lipinski definition) is 2. The molecule has 0 aliphatic carbocycles. The van der Waals surface area contributed by atoms with Crippen molar-refractivity contribution >= 4 is 39.8 Å². The Morgan fingerprint density at radius 3 is 2.74 bits per heavy atom. The maximum absolute atomic E-state index is 11.3. The van der Waals surface area contributed by atoms with Crippen LogP contribution >= 0.6 is 24.0 Å². The molecule has 0 aromatic heterocycles. The van der Waals surface area contributed by atoms with Gasteiger partial charge in [0, 0.05) is 43.4 Å². The van der Waals surface area contributed by atoms with Gasteiger partial charge in [-0.1, -0.05) is 0 Å². The zero-order valence-electron chi connectivity index (χ0n) is 16.5. The summed E-state index contributed by atoms with van der Waals surface area (Å²) in [6.07, 6.45) is 2.84. The summed E-state index contributed by atoms with van der Waals surface area (Å²) in [7, 11) is 0.374. The molecule has 0 bridgehead atoms. The zero-order chi connectivity index (χ0) is 19.3. The molecule has 0 radical (unpaired) electrons. The van der Waals surface area contributed by atoms with Crippen LogP contribution in [-0.2, 0) is 22.8 Å². The van der Waals surface area contributed by atoms with Crippen molar-refractivity contribution in [1.29, 1.82) is 0 Å². The minimum absolute atomic E-state index is 0. The molecule has 2 rings (SSSR count). The topological polar surface area (TPSA) is 89.0 Å². The Bertz CT molecular complexity index is 768. The lowest BCUT2D eigenvalue weighted by atomic mass is 10.1. The fourth-order valence-corrected chi connectivity index (χ4v) is 3.66. The molecule has 1 heterocycles. The van der Waals surface area contributed by atoms with Gasteiger partial charge in [-0.25, -0.2) is 8.42 Å². The van der Waals surface area contributed by atoms with Gasteiger partial charge in [0.1, 0.15) is 27.4 Å². The van der Waals surface area contributed by atoms with E-state index < -0.39 is 9.84 Å². The van der Waals surface area contributed by atoms with Gasteiger partial charge in [-0.2, -0.15) is 0 Å². The number of halogens is 1. The number of ether oxygens (including phenoxy) is 2. The molecule has 1 aliphatic rings. The molecular formula is C18H30IN3O4S. The number of hydrogen-bond acceptors (Lipinski definition) is 5. The molecule has 154 valence electrons. The van der Waals surface area contributed by atoms with Crippen LogP contribution in [0.3, 0.4) is 0 Å². The Balaban J connectivity index is 0.00000364. The van der Waals surface area contributed by atoms with Crippen molar-refractivity contribution < 1.29 is 17.9 Å². The molecule has 0 amide bonds. The van der Waals surface area contributed by atoms with E-state index in [1.54, 1.807) is 14.2 Å². The lowest BCUT2D eigenvalue weighted by Crippen LogP contribution is -2.42. The summed E-state index contributed by atoms with van der Waals surface area (Å²) in [6.45, 7) is 4.50. The molecule has 1 aromatic carbocycles. The minimum Gasteiger partial charge on any atom is -0.496 e. The second-order valence-corrected chi connectivity index (χ2v) is 9.05. The first-order valence-electron chi connectivity index (χ1n) is 8.73. The summed E-state index contributed by atoms with van der Waals surface area (Å²) in [5.74, 6) is 2.48. The highest BCUT2D eigenvalue weighted by Crippen LogP contribution is 2.34. The van der Waals surface area contributed by atoms with Gasteiger partial charge in [-0.3, -0.25) is 4.99 Å². The van der Waals surface area contributed by atoms with Gasteiger partial charge < -0.3 is 20.1 Å². The molecule has 1 aromatic rings. The Labute approximate surface area is 179 Å².